The van der Waals surface area contributed by atoms with Crippen molar-refractivity contribution >= 4 is 49.6 Å². The summed E-state index contributed by atoms with van der Waals surface area (Å²) in [4.78, 5) is 8.64. The molecule has 0 heterocycles. The highest BCUT2D eigenvalue weighted by Crippen LogP contribution is 2.39. The summed E-state index contributed by atoms with van der Waals surface area (Å²) < 4.78 is 26.9. The quantitative estimate of drug-likeness (QED) is 0.0998. The first-order chi connectivity index (χ1) is 25.1. The van der Waals surface area contributed by atoms with Crippen LogP contribution < -0.4 is 18.9 Å². The van der Waals surface area contributed by atoms with Crippen LogP contribution >= 0.6 is 49.6 Å². The van der Waals surface area contributed by atoms with Crippen molar-refractivity contribution in [3.05, 3.63) is 117 Å². The normalized spacial score (nSPS) is 11.9. The van der Waals surface area contributed by atoms with E-state index in [1.54, 1.807) is 0 Å². The zero-order valence-corrected chi connectivity index (χ0v) is 37.7. The standard InChI is InChI=1S/C44H60N4O4.4ClH/c1-45(2)21-25-49-41-33-13-9-14-34(41)30-36-16-11-18-38(43(36)51-27-23-47(5)6)32-40-20-12-19-39(44(40)52-28-24-48(7)8)31-37-17-10-15-35(29-33)42(37)50-26-22-46(3)4;;;;/h9-20H,21-32H2,1-8H3;4*1H. The molecule has 4 aromatic rings. The Morgan fingerprint density at radius 3 is 0.625 bits per heavy atom. The van der Waals surface area contributed by atoms with E-state index in [9.17, 15) is 0 Å². The Morgan fingerprint density at radius 1 is 0.321 bits per heavy atom. The Labute approximate surface area is 361 Å². The number of hydrogen-bond donors (Lipinski definition) is 0. The van der Waals surface area contributed by atoms with Crippen molar-refractivity contribution < 1.29 is 18.9 Å². The topological polar surface area (TPSA) is 49.9 Å². The molecule has 0 radical (unpaired) electrons. The summed E-state index contributed by atoms with van der Waals surface area (Å²) in [6, 6.07) is 26.3. The Bertz CT molecular complexity index is 1420. The number of para-hydroxylation sites is 4. The Morgan fingerprint density at radius 2 is 0.482 bits per heavy atom. The van der Waals surface area contributed by atoms with Gasteiger partial charge in [0.05, 0.1) is 0 Å². The maximum absolute atomic E-state index is 6.72. The van der Waals surface area contributed by atoms with Crippen LogP contribution in [-0.2, 0) is 25.7 Å². The molecular weight excluding hydrogens is 790 g/mol. The lowest BCUT2D eigenvalue weighted by Gasteiger charge is -2.23. The van der Waals surface area contributed by atoms with Gasteiger partial charge in [0.1, 0.15) is 49.4 Å². The van der Waals surface area contributed by atoms with E-state index in [4.69, 9.17) is 18.9 Å². The first-order valence-corrected chi connectivity index (χ1v) is 18.6. The molecule has 56 heavy (non-hydrogen) atoms. The lowest BCUT2D eigenvalue weighted by Crippen LogP contribution is -2.21. The fraction of sp³-hybridized carbons (Fsp3) is 0.455. The Kier molecular flexibility index (Phi) is 23.2. The van der Waals surface area contributed by atoms with E-state index in [1.165, 1.54) is 0 Å². The highest BCUT2D eigenvalue weighted by molar-refractivity contribution is 5.86. The molecule has 8 bridgehead atoms. The summed E-state index contributed by atoms with van der Waals surface area (Å²) in [6.07, 6.45) is 2.76. The van der Waals surface area contributed by atoms with E-state index >= 15 is 0 Å². The number of fused-ring (bicyclic) bond motifs is 8. The first-order valence-electron chi connectivity index (χ1n) is 18.6. The molecule has 0 saturated heterocycles. The number of hydrogen-bond acceptors (Lipinski definition) is 8. The molecule has 0 saturated carbocycles. The van der Waals surface area contributed by atoms with Crippen LogP contribution in [-0.4, -0.2) is 129 Å². The van der Waals surface area contributed by atoms with Crippen molar-refractivity contribution in [3.63, 3.8) is 0 Å². The average molecular weight is 855 g/mol. The molecule has 0 N–H and O–H groups in total. The van der Waals surface area contributed by atoms with Gasteiger partial charge in [0.2, 0.25) is 0 Å². The third-order valence-corrected chi connectivity index (χ3v) is 9.38. The molecule has 0 aromatic heterocycles. The Hall–Kier alpha value is -2.92. The molecule has 12 heteroatoms. The maximum Gasteiger partial charge on any atom is 0.126 e. The number of likely N-dealkylation sites (N-methyl/N-ethyl adjacent to an activating group) is 4. The van der Waals surface area contributed by atoms with Crippen molar-refractivity contribution in [2.45, 2.75) is 25.7 Å². The summed E-state index contributed by atoms with van der Waals surface area (Å²) in [7, 11) is 16.7. The van der Waals surface area contributed by atoms with Gasteiger partial charge in [-0.3, -0.25) is 0 Å². The van der Waals surface area contributed by atoms with E-state index in [2.05, 4.69) is 149 Å². The number of benzene rings is 4. The van der Waals surface area contributed by atoms with Gasteiger partial charge in [0.15, 0.2) is 0 Å². The molecule has 0 amide bonds. The van der Waals surface area contributed by atoms with Crippen molar-refractivity contribution in [2.75, 3.05) is 109 Å². The van der Waals surface area contributed by atoms with Gasteiger partial charge in [-0.15, -0.1) is 49.6 Å². The average Bonchev–Trinajstić information content (AvgIpc) is 3.08. The van der Waals surface area contributed by atoms with E-state index in [1.807, 2.05) is 0 Å². The minimum absolute atomic E-state index is 0. The van der Waals surface area contributed by atoms with Crippen LogP contribution in [0.3, 0.4) is 0 Å². The third-order valence-electron chi connectivity index (χ3n) is 9.38. The van der Waals surface area contributed by atoms with Gasteiger partial charge in [0.25, 0.3) is 0 Å². The highest BCUT2D eigenvalue weighted by atomic mass is 35.5. The summed E-state index contributed by atoms with van der Waals surface area (Å²) in [5, 5.41) is 0. The molecule has 8 nitrogen and oxygen atoms in total. The van der Waals surface area contributed by atoms with Gasteiger partial charge in [-0.1, -0.05) is 72.8 Å². The van der Waals surface area contributed by atoms with Gasteiger partial charge in [-0.05, 0) is 101 Å². The summed E-state index contributed by atoms with van der Waals surface area (Å²) in [6.45, 7) is 5.70. The van der Waals surface area contributed by atoms with Crippen LogP contribution in [0.2, 0.25) is 0 Å². The smallest absolute Gasteiger partial charge is 0.126 e. The van der Waals surface area contributed by atoms with Crippen LogP contribution in [0.4, 0.5) is 0 Å². The van der Waals surface area contributed by atoms with Crippen molar-refractivity contribution in [2.24, 2.45) is 0 Å². The van der Waals surface area contributed by atoms with E-state index in [0.29, 0.717) is 52.1 Å². The zero-order valence-electron chi connectivity index (χ0n) is 34.5. The predicted molar refractivity (Wildman–Crippen MR) is 242 cm³/mol. The molecule has 0 atom stereocenters. The van der Waals surface area contributed by atoms with E-state index in [0.717, 1.165) is 93.7 Å². The van der Waals surface area contributed by atoms with Crippen LogP contribution in [0.1, 0.15) is 44.5 Å². The molecule has 0 aliphatic heterocycles. The molecule has 4 aromatic carbocycles. The highest BCUT2D eigenvalue weighted by Gasteiger charge is 2.22. The van der Waals surface area contributed by atoms with Crippen molar-refractivity contribution in [1.82, 2.24) is 19.6 Å². The SMILES string of the molecule is CN(C)CCOc1c2cccc1Cc1cccc(c1OCCN(C)C)Cc1cccc(c1OCCN(C)C)Cc1cccc(c1OCCN(C)C)C2.Cl.Cl.Cl.Cl. The van der Waals surface area contributed by atoms with Crippen molar-refractivity contribution in [1.29, 1.82) is 0 Å². The Balaban J connectivity index is 0.00000392. The van der Waals surface area contributed by atoms with Gasteiger partial charge < -0.3 is 38.5 Å². The van der Waals surface area contributed by atoms with Gasteiger partial charge in [0, 0.05) is 51.9 Å². The predicted octanol–water partition coefficient (Wildman–Crippen LogP) is 7.81. The molecule has 0 spiro atoms. The first kappa shape index (κ1) is 51.1. The fourth-order valence-corrected chi connectivity index (χ4v) is 6.55. The van der Waals surface area contributed by atoms with Crippen LogP contribution in [0, 0.1) is 0 Å². The molecule has 5 rings (SSSR count). The molecule has 1 aliphatic rings. The molecule has 312 valence electrons. The van der Waals surface area contributed by atoms with Crippen LogP contribution in [0.5, 0.6) is 23.0 Å². The zero-order chi connectivity index (χ0) is 37.0. The fourth-order valence-electron chi connectivity index (χ4n) is 6.55. The minimum Gasteiger partial charge on any atom is -0.492 e. The third kappa shape index (κ3) is 14.8. The number of ether oxygens (including phenoxy) is 4. The van der Waals surface area contributed by atoms with E-state index < -0.39 is 0 Å². The molecule has 1 aliphatic carbocycles. The summed E-state index contributed by atoms with van der Waals surface area (Å²) >= 11 is 0. The lowest BCUT2D eigenvalue weighted by atomic mass is 9.91. The lowest BCUT2D eigenvalue weighted by molar-refractivity contribution is 0.254. The summed E-state index contributed by atoms with van der Waals surface area (Å²) in [5.41, 5.74) is 9.21. The maximum atomic E-state index is 6.72. The molecular formula is C44H64Cl4N4O4. The number of halogens is 4. The number of nitrogens with zero attached hydrogens (tertiary/aromatic N) is 4. The number of rotatable bonds is 16. The van der Waals surface area contributed by atoms with E-state index in [-0.39, 0.29) is 49.6 Å². The van der Waals surface area contributed by atoms with Crippen molar-refractivity contribution in [3.8, 4) is 23.0 Å². The summed E-state index contributed by atoms with van der Waals surface area (Å²) in [5.74, 6) is 3.81. The second-order valence-corrected chi connectivity index (χ2v) is 14.9. The van der Waals surface area contributed by atoms with Gasteiger partial charge in [-0.2, -0.15) is 0 Å². The van der Waals surface area contributed by atoms with Crippen LogP contribution in [0.25, 0.3) is 0 Å². The minimum atomic E-state index is 0. The van der Waals surface area contributed by atoms with Gasteiger partial charge >= 0.3 is 0 Å². The molecule has 0 fully saturated rings. The second kappa shape index (κ2) is 25.4. The second-order valence-electron chi connectivity index (χ2n) is 14.9. The largest absolute Gasteiger partial charge is 0.492 e. The molecule has 0 unspecified atom stereocenters. The van der Waals surface area contributed by atoms with Crippen LogP contribution in [0.15, 0.2) is 72.8 Å². The monoisotopic (exact) mass is 852 g/mol. The van der Waals surface area contributed by atoms with Gasteiger partial charge in [-0.25, -0.2) is 0 Å².